The molecule has 3 N–H and O–H groups in total. The second kappa shape index (κ2) is 9.28. The van der Waals surface area contributed by atoms with Crippen LogP contribution in [-0.4, -0.2) is 42.7 Å². The van der Waals surface area contributed by atoms with E-state index in [1.165, 1.54) is 0 Å². The van der Waals surface area contributed by atoms with Crippen LogP contribution in [-0.2, 0) is 16.1 Å². The van der Waals surface area contributed by atoms with Gasteiger partial charge < -0.3 is 20.7 Å². The van der Waals surface area contributed by atoms with Crippen LogP contribution in [0, 0.1) is 0 Å². The van der Waals surface area contributed by atoms with Crippen molar-refractivity contribution < 1.29 is 9.53 Å². The maximum atomic E-state index is 11.0. The zero-order chi connectivity index (χ0) is 14.8. The van der Waals surface area contributed by atoms with E-state index in [1.54, 1.807) is 7.11 Å². The zero-order valence-electron chi connectivity index (χ0n) is 11.7. The second-order valence-corrected chi connectivity index (χ2v) is 4.73. The van der Waals surface area contributed by atoms with Crippen LogP contribution in [0.1, 0.15) is 12.0 Å². The van der Waals surface area contributed by atoms with Gasteiger partial charge in [-0.2, -0.15) is 0 Å². The smallest absolute Gasteiger partial charge is 0.219 e. The number of ether oxygens (including phenoxy) is 1. The molecule has 0 aromatic heterocycles. The van der Waals surface area contributed by atoms with Crippen LogP contribution < -0.4 is 11.1 Å². The van der Waals surface area contributed by atoms with Crippen molar-refractivity contribution in [3.05, 3.63) is 35.9 Å². The Bertz CT molecular complexity index is 426. The van der Waals surface area contributed by atoms with E-state index < -0.39 is 0 Å². The van der Waals surface area contributed by atoms with Gasteiger partial charge >= 0.3 is 0 Å². The molecule has 1 aromatic carbocycles. The number of methoxy groups -OCH3 is 1. The van der Waals surface area contributed by atoms with E-state index >= 15 is 0 Å². The Morgan fingerprint density at radius 3 is 2.70 bits per heavy atom. The average Bonchev–Trinajstić information content (AvgIpc) is 2.44. The number of thiocarbonyl (C=S) groups is 1. The molecule has 0 heterocycles. The van der Waals surface area contributed by atoms with Crippen LogP contribution in [0.3, 0.4) is 0 Å². The molecule has 1 amide bonds. The number of hydrogen-bond acceptors (Lipinski definition) is 3. The second-order valence-electron chi connectivity index (χ2n) is 4.35. The monoisotopic (exact) mass is 295 g/mol. The first-order valence-electron chi connectivity index (χ1n) is 6.47. The minimum Gasteiger partial charge on any atom is -0.383 e. The molecule has 0 radical (unpaired) electrons. The molecule has 0 bridgehead atoms. The number of nitrogens with two attached hydrogens (primary N) is 1. The third-order valence-corrected chi connectivity index (χ3v) is 3.12. The Morgan fingerprint density at radius 2 is 2.10 bits per heavy atom. The van der Waals surface area contributed by atoms with Gasteiger partial charge in [0.2, 0.25) is 5.91 Å². The highest BCUT2D eigenvalue weighted by Crippen LogP contribution is 2.05. The van der Waals surface area contributed by atoms with Gasteiger partial charge in [0.1, 0.15) is 0 Å². The lowest BCUT2D eigenvalue weighted by Gasteiger charge is -2.25. The molecule has 1 aromatic rings. The molecule has 0 aliphatic rings. The fraction of sp³-hybridized carbons (Fsp3) is 0.429. The predicted octanol–water partition coefficient (Wildman–Crippen LogP) is 0.885. The summed E-state index contributed by atoms with van der Waals surface area (Å²) in [6.45, 7) is 2.36. The van der Waals surface area contributed by atoms with Crippen LogP contribution in [0.5, 0.6) is 0 Å². The fourth-order valence-corrected chi connectivity index (χ4v) is 1.93. The third-order valence-electron chi connectivity index (χ3n) is 2.71. The molecule has 0 saturated heterocycles. The van der Waals surface area contributed by atoms with Crippen molar-refractivity contribution >= 4 is 23.2 Å². The van der Waals surface area contributed by atoms with Crippen LogP contribution in [0.4, 0.5) is 0 Å². The molecular weight excluding hydrogens is 274 g/mol. The number of nitrogens with zero attached hydrogens (tertiary/aromatic N) is 1. The van der Waals surface area contributed by atoms with Crippen LogP contribution in [0.2, 0.25) is 0 Å². The summed E-state index contributed by atoms with van der Waals surface area (Å²) >= 11 is 5.35. The Balaban J connectivity index is 2.59. The quantitative estimate of drug-likeness (QED) is 0.550. The van der Waals surface area contributed by atoms with E-state index in [0.717, 1.165) is 5.56 Å². The number of hydrogen-bond donors (Lipinski definition) is 2. The summed E-state index contributed by atoms with van der Waals surface area (Å²) in [5.41, 5.74) is 6.34. The largest absolute Gasteiger partial charge is 0.383 e. The van der Waals surface area contributed by atoms with Gasteiger partial charge in [0.05, 0.1) is 6.61 Å². The summed E-state index contributed by atoms with van der Waals surface area (Å²) in [6.07, 6.45) is 0.277. The van der Waals surface area contributed by atoms with Crippen LogP contribution in [0.25, 0.3) is 0 Å². The minimum atomic E-state index is -0.331. The summed E-state index contributed by atoms with van der Waals surface area (Å²) in [5, 5.41) is 3.71. The Kier molecular flexibility index (Phi) is 7.60. The Morgan fingerprint density at radius 1 is 1.40 bits per heavy atom. The molecule has 6 heteroatoms. The lowest BCUT2D eigenvalue weighted by molar-refractivity contribution is -0.118. The van der Waals surface area contributed by atoms with Gasteiger partial charge in [0.15, 0.2) is 5.11 Å². The first-order chi connectivity index (χ1) is 9.63. The average molecular weight is 295 g/mol. The molecule has 0 spiro atoms. The molecule has 110 valence electrons. The number of benzene rings is 1. The summed E-state index contributed by atoms with van der Waals surface area (Å²) in [6, 6.07) is 9.96. The van der Waals surface area contributed by atoms with Crippen molar-refractivity contribution in [3.8, 4) is 0 Å². The minimum absolute atomic E-state index is 0.277. The number of carbonyl (C=O) groups excluding carboxylic acids is 1. The zero-order valence-corrected chi connectivity index (χ0v) is 12.5. The summed E-state index contributed by atoms with van der Waals surface area (Å²) in [7, 11) is 1.64. The van der Waals surface area contributed by atoms with Gasteiger partial charge in [0.25, 0.3) is 0 Å². The maximum Gasteiger partial charge on any atom is 0.219 e. The van der Waals surface area contributed by atoms with E-state index in [4.69, 9.17) is 22.7 Å². The van der Waals surface area contributed by atoms with Crippen LogP contribution in [0.15, 0.2) is 30.3 Å². The van der Waals surface area contributed by atoms with E-state index in [-0.39, 0.29) is 12.3 Å². The van der Waals surface area contributed by atoms with Gasteiger partial charge in [-0.15, -0.1) is 0 Å². The highest BCUT2D eigenvalue weighted by atomic mass is 32.1. The molecule has 0 aliphatic heterocycles. The van der Waals surface area contributed by atoms with Crippen molar-refractivity contribution in [3.63, 3.8) is 0 Å². The molecule has 20 heavy (non-hydrogen) atoms. The van der Waals surface area contributed by atoms with Crippen molar-refractivity contribution in [2.45, 2.75) is 13.0 Å². The molecular formula is C14H21N3O2S. The normalized spacial score (nSPS) is 10.1. The van der Waals surface area contributed by atoms with E-state index in [1.807, 2.05) is 35.2 Å². The molecule has 0 saturated carbocycles. The van der Waals surface area contributed by atoms with E-state index in [0.29, 0.717) is 31.4 Å². The van der Waals surface area contributed by atoms with Gasteiger partial charge in [-0.3, -0.25) is 4.79 Å². The summed E-state index contributed by atoms with van der Waals surface area (Å²) < 4.78 is 4.97. The van der Waals surface area contributed by atoms with Gasteiger partial charge in [0, 0.05) is 33.2 Å². The van der Waals surface area contributed by atoms with Gasteiger partial charge in [-0.25, -0.2) is 0 Å². The number of primary amides is 1. The first-order valence-corrected chi connectivity index (χ1v) is 6.88. The summed E-state index contributed by atoms with van der Waals surface area (Å²) in [4.78, 5) is 12.9. The number of carbonyl (C=O) groups is 1. The maximum absolute atomic E-state index is 11.0. The molecule has 0 aliphatic carbocycles. The highest BCUT2D eigenvalue weighted by Gasteiger charge is 2.11. The van der Waals surface area contributed by atoms with Crippen LogP contribution >= 0.6 is 12.2 Å². The summed E-state index contributed by atoms with van der Waals surface area (Å²) in [5.74, 6) is -0.331. The lowest BCUT2D eigenvalue weighted by atomic mass is 10.2. The van der Waals surface area contributed by atoms with Crippen molar-refractivity contribution in [2.75, 3.05) is 26.8 Å². The SMILES string of the molecule is COCCNC(=S)N(CCC(N)=O)Cc1ccccc1. The molecule has 0 unspecified atom stereocenters. The third kappa shape index (κ3) is 6.49. The number of rotatable bonds is 8. The molecule has 0 atom stereocenters. The molecule has 1 rings (SSSR count). The number of nitrogens with one attached hydrogen (secondary N) is 1. The topological polar surface area (TPSA) is 67.6 Å². The fourth-order valence-electron chi connectivity index (χ4n) is 1.67. The predicted molar refractivity (Wildman–Crippen MR) is 83.1 cm³/mol. The van der Waals surface area contributed by atoms with E-state index in [9.17, 15) is 4.79 Å². The van der Waals surface area contributed by atoms with E-state index in [2.05, 4.69) is 5.32 Å². The van der Waals surface area contributed by atoms with Crippen molar-refractivity contribution in [1.82, 2.24) is 10.2 Å². The lowest BCUT2D eigenvalue weighted by Crippen LogP contribution is -2.42. The Labute approximate surface area is 125 Å². The first kappa shape index (κ1) is 16.4. The van der Waals surface area contributed by atoms with Gasteiger partial charge in [-0.05, 0) is 17.8 Å². The standard InChI is InChI=1S/C14H21N3O2S/c1-19-10-8-16-14(20)17(9-7-13(15)18)11-12-5-3-2-4-6-12/h2-6H,7-11H2,1H3,(H2,15,18)(H,16,20). The van der Waals surface area contributed by atoms with Crippen molar-refractivity contribution in [2.24, 2.45) is 5.73 Å². The molecule has 5 nitrogen and oxygen atoms in total. The number of amides is 1. The highest BCUT2D eigenvalue weighted by molar-refractivity contribution is 7.80. The Hall–Kier alpha value is -1.66. The molecule has 0 fully saturated rings. The van der Waals surface area contributed by atoms with Crippen molar-refractivity contribution in [1.29, 1.82) is 0 Å². The van der Waals surface area contributed by atoms with Gasteiger partial charge in [-0.1, -0.05) is 30.3 Å².